The van der Waals surface area contributed by atoms with Gasteiger partial charge in [-0.3, -0.25) is 4.79 Å². The Balaban J connectivity index is 1.48. The average Bonchev–Trinajstić information content (AvgIpc) is 2.88. The number of pyridine rings is 1. The van der Waals surface area contributed by atoms with Gasteiger partial charge < -0.3 is 20.0 Å². The van der Waals surface area contributed by atoms with Crippen molar-refractivity contribution in [3.05, 3.63) is 88.8 Å². The Kier molecular flexibility index (Phi) is 7.82. The fraction of sp³-hybridized carbons (Fsp3) is 0.269. The minimum atomic E-state index is -0.370. The van der Waals surface area contributed by atoms with Crippen LogP contribution in [-0.4, -0.2) is 54.5 Å². The van der Waals surface area contributed by atoms with E-state index in [0.29, 0.717) is 49.0 Å². The molecule has 1 N–H and O–H groups in total. The van der Waals surface area contributed by atoms with Crippen LogP contribution in [0.1, 0.15) is 22.8 Å². The number of urea groups is 1. The molecule has 1 saturated heterocycles. The van der Waals surface area contributed by atoms with Gasteiger partial charge in [-0.05, 0) is 67.1 Å². The van der Waals surface area contributed by atoms with Crippen molar-refractivity contribution in [1.82, 2.24) is 15.2 Å². The lowest BCUT2D eigenvalue weighted by Crippen LogP contribution is -2.52. The van der Waals surface area contributed by atoms with E-state index >= 15 is 0 Å². The summed E-state index contributed by atoms with van der Waals surface area (Å²) < 4.78 is 13.5. The summed E-state index contributed by atoms with van der Waals surface area (Å²) in [5.74, 6) is 0.228. The molecule has 4 rings (SSSR count). The van der Waals surface area contributed by atoms with Crippen LogP contribution in [0, 0.1) is 5.82 Å². The number of carbonyl (C=O) groups excluding carboxylic acids is 2. The summed E-state index contributed by atoms with van der Waals surface area (Å²) in [6.45, 7) is 5.43. The number of amides is 3. The van der Waals surface area contributed by atoms with Crippen molar-refractivity contribution in [1.29, 1.82) is 0 Å². The largest absolute Gasteiger partial charge is 0.353 e. The molecule has 2 heterocycles. The van der Waals surface area contributed by atoms with E-state index in [2.05, 4.69) is 15.2 Å². The van der Waals surface area contributed by atoms with Crippen molar-refractivity contribution in [2.45, 2.75) is 13.5 Å². The van der Waals surface area contributed by atoms with Crippen molar-refractivity contribution >= 4 is 35.0 Å². The molecular weight excluding hydrogens is 469 g/mol. The molecule has 35 heavy (non-hydrogen) atoms. The monoisotopic (exact) mass is 495 g/mol. The SMILES string of the molecule is CCNC(=O)N1CCN(c2ccc(CN(C(=O)c3ccc(Cl)cc3)c3ccc(F)cc3)cn2)CC1. The number of piperazine rings is 1. The zero-order chi connectivity index (χ0) is 24.8. The van der Waals surface area contributed by atoms with Crippen LogP contribution in [0.15, 0.2) is 66.9 Å². The lowest BCUT2D eigenvalue weighted by atomic mass is 10.1. The molecule has 3 aromatic rings. The molecule has 0 unspecified atom stereocenters. The topological polar surface area (TPSA) is 68.8 Å². The van der Waals surface area contributed by atoms with Crippen molar-refractivity contribution in [2.24, 2.45) is 0 Å². The second-order valence-electron chi connectivity index (χ2n) is 8.21. The molecule has 0 saturated carbocycles. The predicted octanol–water partition coefficient (Wildman–Crippen LogP) is 4.57. The summed E-state index contributed by atoms with van der Waals surface area (Å²) in [6.07, 6.45) is 1.75. The number of benzene rings is 2. The summed E-state index contributed by atoms with van der Waals surface area (Å²) in [5.41, 5.74) is 1.89. The van der Waals surface area contributed by atoms with E-state index in [1.807, 2.05) is 19.1 Å². The Morgan fingerprint density at radius 2 is 1.69 bits per heavy atom. The highest BCUT2D eigenvalue weighted by Crippen LogP contribution is 2.23. The number of rotatable bonds is 6. The molecule has 1 aliphatic heterocycles. The molecule has 0 bridgehead atoms. The van der Waals surface area contributed by atoms with Crippen LogP contribution < -0.4 is 15.1 Å². The minimum absolute atomic E-state index is 0.0401. The Morgan fingerprint density at radius 3 is 2.29 bits per heavy atom. The van der Waals surface area contributed by atoms with Crippen LogP contribution in [-0.2, 0) is 6.54 Å². The molecule has 1 aliphatic rings. The first-order valence-corrected chi connectivity index (χ1v) is 11.9. The maximum atomic E-state index is 13.5. The van der Waals surface area contributed by atoms with E-state index in [1.54, 1.807) is 52.4 Å². The van der Waals surface area contributed by atoms with E-state index in [4.69, 9.17) is 11.6 Å². The number of nitrogens with one attached hydrogen (secondary N) is 1. The van der Waals surface area contributed by atoms with Gasteiger partial charge in [0.1, 0.15) is 11.6 Å². The summed E-state index contributed by atoms with van der Waals surface area (Å²) >= 11 is 5.98. The third-order valence-corrected chi connectivity index (χ3v) is 6.10. The minimum Gasteiger partial charge on any atom is -0.353 e. The molecule has 182 valence electrons. The molecule has 0 atom stereocenters. The molecule has 3 amide bonds. The lowest BCUT2D eigenvalue weighted by molar-refractivity contribution is 0.0985. The number of hydrogen-bond acceptors (Lipinski definition) is 4. The highest BCUT2D eigenvalue weighted by atomic mass is 35.5. The van der Waals surface area contributed by atoms with E-state index in [9.17, 15) is 14.0 Å². The first-order chi connectivity index (χ1) is 16.9. The molecule has 0 spiro atoms. The summed E-state index contributed by atoms with van der Waals surface area (Å²) in [5, 5.41) is 3.37. The van der Waals surface area contributed by atoms with Gasteiger partial charge in [-0.25, -0.2) is 14.2 Å². The Bertz CT molecular complexity index is 1150. The van der Waals surface area contributed by atoms with E-state index < -0.39 is 0 Å². The highest BCUT2D eigenvalue weighted by Gasteiger charge is 2.22. The fourth-order valence-electron chi connectivity index (χ4n) is 3.93. The molecule has 0 radical (unpaired) electrons. The average molecular weight is 496 g/mol. The normalized spacial score (nSPS) is 13.5. The highest BCUT2D eigenvalue weighted by molar-refractivity contribution is 6.30. The molecule has 0 aliphatic carbocycles. The maximum absolute atomic E-state index is 13.5. The third-order valence-electron chi connectivity index (χ3n) is 5.84. The molecule has 9 heteroatoms. The number of anilines is 2. The van der Waals surface area contributed by atoms with Gasteiger partial charge in [0.15, 0.2) is 0 Å². The van der Waals surface area contributed by atoms with Crippen LogP contribution >= 0.6 is 11.6 Å². The van der Waals surface area contributed by atoms with Gasteiger partial charge in [-0.2, -0.15) is 0 Å². The maximum Gasteiger partial charge on any atom is 0.317 e. The molecule has 7 nitrogen and oxygen atoms in total. The Hall–Kier alpha value is -3.65. The zero-order valence-electron chi connectivity index (χ0n) is 19.5. The predicted molar refractivity (Wildman–Crippen MR) is 135 cm³/mol. The van der Waals surface area contributed by atoms with Gasteiger partial charge in [-0.15, -0.1) is 0 Å². The number of aromatic nitrogens is 1. The van der Waals surface area contributed by atoms with Crippen LogP contribution in [0.5, 0.6) is 0 Å². The van der Waals surface area contributed by atoms with Crippen LogP contribution in [0.25, 0.3) is 0 Å². The number of carbonyl (C=O) groups is 2. The first kappa shape index (κ1) is 24.5. The molecule has 1 fully saturated rings. The van der Waals surface area contributed by atoms with Crippen molar-refractivity contribution in [3.8, 4) is 0 Å². The fourth-order valence-corrected chi connectivity index (χ4v) is 4.06. The van der Waals surface area contributed by atoms with E-state index in [-0.39, 0.29) is 24.3 Å². The first-order valence-electron chi connectivity index (χ1n) is 11.5. The van der Waals surface area contributed by atoms with Crippen molar-refractivity contribution in [2.75, 3.05) is 42.5 Å². The second-order valence-corrected chi connectivity index (χ2v) is 8.65. The van der Waals surface area contributed by atoms with Crippen molar-refractivity contribution in [3.63, 3.8) is 0 Å². The van der Waals surface area contributed by atoms with Crippen molar-refractivity contribution < 1.29 is 14.0 Å². The Morgan fingerprint density at radius 1 is 1.00 bits per heavy atom. The number of nitrogens with zero attached hydrogens (tertiary/aromatic N) is 4. The van der Waals surface area contributed by atoms with Gasteiger partial charge in [0.25, 0.3) is 5.91 Å². The third kappa shape index (κ3) is 6.08. The van der Waals surface area contributed by atoms with Gasteiger partial charge in [0.2, 0.25) is 0 Å². The zero-order valence-corrected chi connectivity index (χ0v) is 20.2. The van der Waals surface area contributed by atoms with Crippen LogP contribution in [0.2, 0.25) is 5.02 Å². The van der Waals surface area contributed by atoms with Crippen LogP contribution in [0.3, 0.4) is 0 Å². The van der Waals surface area contributed by atoms with Crippen LogP contribution in [0.4, 0.5) is 20.7 Å². The summed E-state index contributed by atoms with van der Waals surface area (Å²) in [4.78, 5) is 35.5. The summed E-state index contributed by atoms with van der Waals surface area (Å²) in [6, 6.07) is 16.3. The van der Waals surface area contributed by atoms with Gasteiger partial charge in [0, 0.05) is 55.2 Å². The number of hydrogen-bond donors (Lipinski definition) is 1. The van der Waals surface area contributed by atoms with Gasteiger partial charge in [-0.1, -0.05) is 17.7 Å². The number of halogens is 2. The lowest BCUT2D eigenvalue weighted by Gasteiger charge is -2.35. The summed E-state index contributed by atoms with van der Waals surface area (Å²) in [7, 11) is 0. The molecular formula is C26H27ClFN5O2. The van der Waals surface area contributed by atoms with E-state index in [0.717, 1.165) is 11.4 Å². The van der Waals surface area contributed by atoms with E-state index in [1.165, 1.54) is 12.1 Å². The molecule has 1 aromatic heterocycles. The molecule has 2 aromatic carbocycles. The standard InChI is InChI=1S/C26H27ClFN5O2/c1-2-29-26(35)32-15-13-31(14-16-32)24-12-3-19(17-30-24)18-33(23-10-8-22(28)9-11-23)25(34)20-4-6-21(27)7-5-20/h3-12,17H,2,13-16,18H2,1H3,(H,29,35). The van der Waals surface area contributed by atoms with Gasteiger partial charge >= 0.3 is 6.03 Å². The second kappa shape index (κ2) is 11.2. The van der Waals surface area contributed by atoms with Gasteiger partial charge in [0.05, 0.1) is 6.54 Å². The smallest absolute Gasteiger partial charge is 0.317 e. The quantitative estimate of drug-likeness (QED) is 0.544. The Labute approximate surface area is 209 Å².